The smallest absolute Gasteiger partial charge is 0.127 e. The van der Waals surface area contributed by atoms with Crippen molar-refractivity contribution < 1.29 is 36.0 Å². The Labute approximate surface area is 417 Å². The molecule has 2 aliphatic heterocycles. The summed E-state index contributed by atoms with van der Waals surface area (Å²) in [5.74, 6) is 3.23. The second-order valence-electron chi connectivity index (χ2n) is 17.3. The fourth-order valence-electron chi connectivity index (χ4n) is 8.84. The zero-order valence-electron chi connectivity index (χ0n) is 40.2. The number of nitrogens with one attached hydrogen (secondary N) is 2. The van der Waals surface area contributed by atoms with Crippen LogP contribution in [-0.2, 0) is 17.1 Å². The molecule has 0 unspecified atom stereocenters. The van der Waals surface area contributed by atoms with E-state index < -0.39 is 0 Å². The van der Waals surface area contributed by atoms with Crippen LogP contribution in [0.3, 0.4) is 0 Å². The van der Waals surface area contributed by atoms with Crippen LogP contribution in [0.2, 0.25) is 0 Å². The standard InChI is InChI=1S/C60H62N4O4.Cu/c1-5-9-37-65-53-25-17-13-21-41(53)57-45-29-31-47(61-45)58(42-22-14-18-26-54(42)66-38-10-6-2)49-33-35-51(63-49)60(44-24-16-20-28-56(44)68-40-12-8-4)52-36-34-50(64-52)59(48-32-30-46(57)62-48)43-23-15-19-27-55(43)67-39-11-7-3;/h13-36,61,64H,5-12,37-40H2,1-4H3;. The zero-order chi connectivity index (χ0) is 46.7. The second-order valence-corrected chi connectivity index (χ2v) is 17.3. The maximum atomic E-state index is 6.56. The average molecular weight is 967 g/mol. The first-order valence-electron chi connectivity index (χ1n) is 24.6. The Bertz CT molecular complexity index is 2710. The van der Waals surface area contributed by atoms with Gasteiger partial charge < -0.3 is 28.9 Å². The van der Waals surface area contributed by atoms with E-state index in [0.717, 1.165) is 164 Å². The third-order valence-electron chi connectivity index (χ3n) is 12.4. The molecule has 0 aliphatic carbocycles. The predicted molar refractivity (Wildman–Crippen MR) is 282 cm³/mol. The predicted octanol–water partition coefficient (Wildman–Crippen LogP) is 16.0. The van der Waals surface area contributed by atoms with Crippen LogP contribution in [-0.4, -0.2) is 46.4 Å². The van der Waals surface area contributed by atoms with E-state index in [1.165, 1.54) is 0 Å². The van der Waals surface area contributed by atoms with Gasteiger partial charge in [-0.25, -0.2) is 9.97 Å². The molecule has 5 heterocycles. The molecule has 0 saturated carbocycles. The zero-order valence-corrected chi connectivity index (χ0v) is 41.1. The van der Waals surface area contributed by atoms with Crippen molar-refractivity contribution in [3.63, 3.8) is 0 Å². The van der Waals surface area contributed by atoms with Crippen LogP contribution in [0, 0.1) is 0 Å². The molecular formula is C60H62CuN4O4. The molecule has 69 heavy (non-hydrogen) atoms. The van der Waals surface area contributed by atoms with E-state index in [-0.39, 0.29) is 17.1 Å². The summed E-state index contributed by atoms with van der Waals surface area (Å²) in [4.78, 5) is 19.0. The van der Waals surface area contributed by atoms with Crippen LogP contribution in [0.25, 0.3) is 90.9 Å². The number of ether oxygens (including phenoxy) is 4. The quantitative estimate of drug-likeness (QED) is 0.0584. The summed E-state index contributed by atoms with van der Waals surface area (Å²) in [7, 11) is 0. The number of H-pyrrole nitrogens is 2. The average Bonchev–Trinajstić information content (AvgIpc) is 4.22. The van der Waals surface area contributed by atoms with Gasteiger partial charge in [-0.2, -0.15) is 0 Å². The molecule has 0 amide bonds. The number of rotatable bonds is 20. The minimum Gasteiger partial charge on any atom is -0.493 e. The van der Waals surface area contributed by atoms with Crippen molar-refractivity contribution in [2.45, 2.75) is 79.1 Å². The fraction of sp³-hybridized carbons (Fsp3) is 0.267. The molecule has 0 spiro atoms. The van der Waals surface area contributed by atoms with Gasteiger partial charge in [-0.3, -0.25) is 0 Å². The van der Waals surface area contributed by atoms with Gasteiger partial charge in [0.2, 0.25) is 0 Å². The van der Waals surface area contributed by atoms with Gasteiger partial charge in [0.25, 0.3) is 0 Å². The largest absolute Gasteiger partial charge is 0.493 e. The number of hydrogen-bond donors (Lipinski definition) is 2. The number of nitrogens with zero attached hydrogens (tertiary/aromatic N) is 2. The summed E-state index contributed by atoms with van der Waals surface area (Å²) in [5, 5.41) is 0. The molecule has 1 radical (unpaired) electrons. The molecule has 3 aromatic heterocycles. The van der Waals surface area contributed by atoms with Crippen LogP contribution < -0.4 is 18.9 Å². The minimum absolute atomic E-state index is 0. The van der Waals surface area contributed by atoms with E-state index in [1.807, 2.05) is 24.3 Å². The van der Waals surface area contributed by atoms with Crippen molar-refractivity contribution in [2.75, 3.05) is 26.4 Å². The van der Waals surface area contributed by atoms with Crippen LogP contribution in [0.5, 0.6) is 23.0 Å². The Morgan fingerprint density at radius 3 is 0.797 bits per heavy atom. The topological polar surface area (TPSA) is 94.3 Å². The van der Waals surface area contributed by atoms with E-state index in [4.69, 9.17) is 28.9 Å². The van der Waals surface area contributed by atoms with Gasteiger partial charge in [0, 0.05) is 83.6 Å². The van der Waals surface area contributed by atoms with Crippen molar-refractivity contribution >= 4 is 46.4 Å². The van der Waals surface area contributed by atoms with Crippen LogP contribution in [0.1, 0.15) is 102 Å². The molecule has 2 N–H and O–H groups in total. The van der Waals surface area contributed by atoms with Gasteiger partial charge in [-0.1, -0.05) is 126 Å². The van der Waals surface area contributed by atoms with Crippen molar-refractivity contribution in [1.82, 2.24) is 19.9 Å². The van der Waals surface area contributed by atoms with Crippen molar-refractivity contribution in [3.8, 4) is 67.5 Å². The number of fused-ring (bicyclic) bond motifs is 8. The minimum atomic E-state index is 0. The SMILES string of the molecule is CCCCOc1ccccc1-c1c2nc(c(-c3ccccc3OCCCC)c3ccc([nH]3)c(-c3ccccc3OCCCC)c3nc(c(-c4ccccc4OCCCC)c4ccc1[nH]4)C=C3)C=C2.[Cu]. The summed E-state index contributed by atoms with van der Waals surface area (Å²) in [5.41, 5.74) is 14.4. The van der Waals surface area contributed by atoms with Crippen molar-refractivity contribution in [1.29, 1.82) is 0 Å². The second kappa shape index (κ2) is 23.5. The molecule has 0 atom stereocenters. The number of hydrogen-bond acceptors (Lipinski definition) is 6. The first-order valence-corrected chi connectivity index (χ1v) is 24.6. The number of para-hydroxylation sites is 4. The first kappa shape index (κ1) is 48.6. The molecule has 8 nitrogen and oxygen atoms in total. The molecule has 357 valence electrons. The normalized spacial score (nSPS) is 11.7. The Kier molecular flexibility index (Phi) is 16.6. The summed E-state index contributed by atoms with van der Waals surface area (Å²) in [6.45, 7) is 11.2. The first-order chi connectivity index (χ1) is 33.6. The van der Waals surface area contributed by atoms with Crippen LogP contribution in [0.15, 0.2) is 121 Å². The molecule has 9 heteroatoms. The Balaban J connectivity index is 0.00000642. The van der Waals surface area contributed by atoms with Gasteiger partial charge in [-0.15, -0.1) is 0 Å². The van der Waals surface area contributed by atoms with E-state index in [2.05, 4.69) is 159 Å². The molecule has 7 aromatic rings. The monoisotopic (exact) mass is 965 g/mol. The van der Waals surface area contributed by atoms with Gasteiger partial charge in [0.1, 0.15) is 23.0 Å². The Morgan fingerprint density at radius 2 is 0.565 bits per heavy atom. The van der Waals surface area contributed by atoms with Gasteiger partial charge in [0.15, 0.2) is 0 Å². The Morgan fingerprint density at radius 1 is 0.333 bits per heavy atom. The van der Waals surface area contributed by atoms with Crippen LogP contribution >= 0.6 is 0 Å². The van der Waals surface area contributed by atoms with Gasteiger partial charge in [-0.05, 0) is 98.5 Å². The number of aromatic amines is 2. The summed E-state index contributed by atoms with van der Waals surface area (Å²) >= 11 is 0. The molecule has 8 bridgehead atoms. The molecule has 4 aromatic carbocycles. The number of aromatic nitrogens is 4. The van der Waals surface area contributed by atoms with E-state index >= 15 is 0 Å². The third-order valence-corrected chi connectivity index (χ3v) is 12.4. The summed E-state index contributed by atoms with van der Waals surface area (Å²) in [6.07, 6.45) is 16.5. The maximum absolute atomic E-state index is 6.56. The van der Waals surface area contributed by atoms with Crippen molar-refractivity contribution in [2.24, 2.45) is 0 Å². The van der Waals surface area contributed by atoms with E-state index in [0.29, 0.717) is 26.4 Å². The summed E-state index contributed by atoms with van der Waals surface area (Å²) < 4.78 is 26.2. The van der Waals surface area contributed by atoms with Gasteiger partial charge in [0.05, 0.1) is 49.2 Å². The molecule has 0 fully saturated rings. The van der Waals surface area contributed by atoms with E-state index in [9.17, 15) is 0 Å². The van der Waals surface area contributed by atoms with Crippen LogP contribution in [0.4, 0.5) is 0 Å². The van der Waals surface area contributed by atoms with Crippen molar-refractivity contribution in [3.05, 3.63) is 144 Å². The van der Waals surface area contributed by atoms with E-state index in [1.54, 1.807) is 0 Å². The maximum Gasteiger partial charge on any atom is 0.127 e. The van der Waals surface area contributed by atoms with Gasteiger partial charge >= 0.3 is 0 Å². The molecule has 2 aliphatic rings. The molecular weight excluding hydrogens is 904 g/mol. The number of benzene rings is 4. The Hall–Kier alpha value is -6.80. The fourth-order valence-corrected chi connectivity index (χ4v) is 8.84. The molecule has 0 saturated heterocycles. The summed E-state index contributed by atoms with van der Waals surface area (Å²) in [6, 6.07) is 41.8. The third kappa shape index (κ3) is 10.8. The molecule has 9 rings (SSSR count). The number of unbranched alkanes of at least 4 members (excludes halogenated alkanes) is 4.